The molecule has 0 aromatic heterocycles. The second kappa shape index (κ2) is 7.58. The molecule has 1 aliphatic heterocycles. The van der Waals surface area contributed by atoms with Gasteiger partial charge in [0.1, 0.15) is 5.82 Å². The summed E-state index contributed by atoms with van der Waals surface area (Å²) in [6.07, 6.45) is 1.76. The van der Waals surface area contributed by atoms with Crippen LogP contribution in [0.25, 0.3) is 0 Å². The number of hydrogen-bond donors (Lipinski definition) is 1. The van der Waals surface area contributed by atoms with Gasteiger partial charge < -0.3 is 10.2 Å². The fraction of sp³-hybridized carbons (Fsp3) is 0.500. The molecular formula is C16H20ClFN2O2. The van der Waals surface area contributed by atoms with Crippen molar-refractivity contribution in [3.05, 3.63) is 34.6 Å². The van der Waals surface area contributed by atoms with Crippen LogP contribution in [0.15, 0.2) is 18.2 Å². The SMILES string of the molecule is CC(=O)N1CCC(C(=O)NCCc2cc(Cl)ccc2F)CC1. The van der Waals surface area contributed by atoms with Crippen LogP contribution >= 0.6 is 11.6 Å². The molecule has 1 N–H and O–H groups in total. The summed E-state index contributed by atoms with van der Waals surface area (Å²) < 4.78 is 13.6. The number of rotatable bonds is 4. The highest BCUT2D eigenvalue weighted by Crippen LogP contribution is 2.18. The van der Waals surface area contributed by atoms with Gasteiger partial charge in [0.15, 0.2) is 0 Å². The van der Waals surface area contributed by atoms with Gasteiger partial charge in [0.05, 0.1) is 0 Å². The molecule has 0 unspecified atom stereocenters. The van der Waals surface area contributed by atoms with E-state index in [9.17, 15) is 14.0 Å². The highest BCUT2D eigenvalue weighted by molar-refractivity contribution is 6.30. The van der Waals surface area contributed by atoms with Crippen molar-refractivity contribution in [3.8, 4) is 0 Å². The standard InChI is InChI=1S/C16H20ClFN2O2/c1-11(21)20-8-5-12(6-9-20)16(22)19-7-4-13-10-14(17)2-3-15(13)18/h2-3,10,12H,4-9H2,1H3,(H,19,22). The first kappa shape index (κ1) is 16.7. The van der Waals surface area contributed by atoms with Gasteiger partial charge in [-0.1, -0.05) is 11.6 Å². The Hall–Kier alpha value is -1.62. The molecule has 2 rings (SSSR count). The first-order valence-electron chi connectivity index (χ1n) is 7.44. The van der Waals surface area contributed by atoms with Gasteiger partial charge in [0.25, 0.3) is 0 Å². The Morgan fingerprint density at radius 3 is 2.68 bits per heavy atom. The normalized spacial score (nSPS) is 15.7. The Labute approximate surface area is 134 Å². The lowest BCUT2D eigenvalue weighted by molar-refractivity contribution is -0.133. The van der Waals surface area contributed by atoms with E-state index < -0.39 is 0 Å². The monoisotopic (exact) mass is 326 g/mol. The van der Waals surface area contributed by atoms with Gasteiger partial charge >= 0.3 is 0 Å². The zero-order chi connectivity index (χ0) is 16.1. The minimum absolute atomic E-state index is 0.0226. The maximum atomic E-state index is 13.6. The van der Waals surface area contributed by atoms with Crippen LogP contribution in [0.1, 0.15) is 25.3 Å². The number of carbonyl (C=O) groups is 2. The molecule has 1 aromatic carbocycles. The van der Waals surface area contributed by atoms with Crippen LogP contribution in [0.4, 0.5) is 4.39 Å². The molecule has 2 amide bonds. The average Bonchev–Trinajstić information content (AvgIpc) is 2.50. The maximum absolute atomic E-state index is 13.6. The van der Waals surface area contributed by atoms with Crippen molar-refractivity contribution in [2.75, 3.05) is 19.6 Å². The highest BCUT2D eigenvalue weighted by atomic mass is 35.5. The van der Waals surface area contributed by atoms with Gasteiger partial charge in [-0.15, -0.1) is 0 Å². The Kier molecular flexibility index (Phi) is 5.77. The molecule has 1 fully saturated rings. The van der Waals surface area contributed by atoms with E-state index >= 15 is 0 Å². The summed E-state index contributed by atoms with van der Waals surface area (Å²) in [6.45, 7) is 3.16. The van der Waals surface area contributed by atoms with Crippen molar-refractivity contribution in [2.24, 2.45) is 5.92 Å². The molecule has 0 aliphatic carbocycles. The first-order chi connectivity index (χ1) is 10.5. The Balaban J connectivity index is 1.76. The predicted octanol–water partition coefficient (Wildman–Crippen LogP) is 2.40. The maximum Gasteiger partial charge on any atom is 0.223 e. The van der Waals surface area contributed by atoms with Gasteiger partial charge in [-0.25, -0.2) is 4.39 Å². The fourth-order valence-electron chi connectivity index (χ4n) is 2.66. The van der Waals surface area contributed by atoms with Crippen molar-refractivity contribution >= 4 is 23.4 Å². The van der Waals surface area contributed by atoms with E-state index in [0.29, 0.717) is 49.5 Å². The molecule has 0 radical (unpaired) electrons. The third kappa shape index (κ3) is 4.44. The van der Waals surface area contributed by atoms with E-state index in [0.717, 1.165) is 0 Å². The lowest BCUT2D eigenvalue weighted by atomic mass is 9.96. The van der Waals surface area contributed by atoms with E-state index in [1.54, 1.807) is 17.9 Å². The highest BCUT2D eigenvalue weighted by Gasteiger charge is 2.25. The second-order valence-electron chi connectivity index (χ2n) is 5.56. The van der Waals surface area contributed by atoms with E-state index in [-0.39, 0.29) is 23.5 Å². The summed E-state index contributed by atoms with van der Waals surface area (Å²) in [5, 5.41) is 3.32. The smallest absolute Gasteiger partial charge is 0.223 e. The molecule has 0 spiro atoms. The van der Waals surface area contributed by atoms with E-state index in [1.807, 2.05) is 0 Å². The molecule has 0 bridgehead atoms. The second-order valence-corrected chi connectivity index (χ2v) is 5.99. The van der Waals surface area contributed by atoms with E-state index in [1.165, 1.54) is 12.1 Å². The van der Waals surface area contributed by atoms with Crippen LogP contribution in [-0.2, 0) is 16.0 Å². The molecule has 1 saturated heterocycles. The molecule has 1 aromatic rings. The topological polar surface area (TPSA) is 49.4 Å². The number of carbonyl (C=O) groups excluding carboxylic acids is 2. The lowest BCUT2D eigenvalue weighted by Crippen LogP contribution is -2.42. The van der Waals surface area contributed by atoms with Crippen molar-refractivity contribution in [2.45, 2.75) is 26.2 Å². The molecule has 1 aliphatic rings. The Morgan fingerprint density at radius 2 is 2.05 bits per heavy atom. The molecule has 0 saturated carbocycles. The quantitative estimate of drug-likeness (QED) is 0.923. The number of amides is 2. The fourth-order valence-corrected chi connectivity index (χ4v) is 2.85. The third-order valence-corrected chi connectivity index (χ3v) is 4.25. The van der Waals surface area contributed by atoms with Gasteiger partial charge in [-0.05, 0) is 43.0 Å². The van der Waals surface area contributed by atoms with Crippen LogP contribution in [0.3, 0.4) is 0 Å². The van der Waals surface area contributed by atoms with Crippen LogP contribution in [0.2, 0.25) is 5.02 Å². The molecule has 4 nitrogen and oxygen atoms in total. The van der Waals surface area contributed by atoms with Gasteiger partial charge in [0.2, 0.25) is 11.8 Å². The summed E-state index contributed by atoms with van der Waals surface area (Å²) in [7, 11) is 0. The predicted molar refractivity (Wildman–Crippen MR) is 83.1 cm³/mol. The minimum atomic E-state index is -0.312. The molecular weight excluding hydrogens is 307 g/mol. The Morgan fingerprint density at radius 1 is 1.36 bits per heavy atom. The lowest BCUT2D eigenvalue weighted by Gasteiger charge is -2.30. The largest absolute Gasteiger partial charge is 0.356 e. The summed E-state index contributed by atoms with van der Waals surface area (Å²) >= 11 is 5.83. The minimum Gasteiger partial charge on any atom is -0.356 e. The van der Waals surface area contributed by atoms with Crippen LogP contribution in [0.5, 0.6) is 0 Å². The number of hydrogen-bond acceptors (Lipinski definition) is 2. The van der Waals surface area contributed by atoms with Crippen LogP contribution in [0, 0.1) is 11.7 Å². The van der Waals surface area contributed by atoms with Crippen molar-refractivity contribution in [1.29, 1.82) is 0 Å². The first-order valence-corrected chi connectivity index (χ1v) is 7.82. The summed E-state index contributed by atoms with van der Waals surface area (Å²) in [6, 6.07) is 4.41. The zero-order valence-electron chi connectivity index (χ0n) is 12.6. The Bertz CT molecular complexity index is 557. The zero-order valence-corrected chi connectivity index (χ0v) is 13.3. The third-order valence-electron chi connectivity index (χ3n) is 4.01. The molecule has 120 valence electrons. The molecule has 0 atom stereocenters. The van der Waals surface area contributed by atoms with Crippen LogP contribution in [-0.4, -0.2) is 36.3 Å². The average molecular weight is 327 g/mol. The summed E-state index contributed by atoms with van der Waals surface area (Å²) in [5.74, 6) is -0.353. The molecule has 22 heavy (non-hydrogen) atoms. The van der Waals surface area contributed by atoms with Gasteiger partial charge in [-0.3, -0.25) is 9.59 Å². The molecule has 6 heteroatoms. The van der Waals surface area contributed by atoms with E-state index in [4.69, 9.17) is 11.6 Å². The number of likely N-dealkylation sites (tertiary alicyclic amines) is 1. The number of benzene rings is 1. The summed E-state index contributed by atoms with van der Waals surface area (Å²) in [4.78, 5) is 25.1. The van der Waals surface area contributed by atoms with Crippen molar-refractivity contribution in [3.63, 3.8) is 0 Å². The molecule has 1 heterocycles. The van der Waals surface area contributed by atoms with Crippen molar-refractivity contribution < 1.29 is 14.0 Å². The number of halogens is 2. The number of nitrogens with zero attached hydrogens (tertiary/aromatic N) is 1. The van der Waals surface area contributed by atoms with Crippen LogP contribution < -0.4 is 5.32 Å². The van der Waals surface area contributed by atoms with Crippen molar-refractivity contribution in [1.82, 2.24) is 10.2 Å². The van der Waals surface area contributed by atoms with E-state index in [2.05, 4.69) is 5.32 Å². The van der Waals surface area contributed by atoms with Gasteiger partial charge in [-0.2, -0.15) is 0 Å². The van der Waals surface area contributed by atoms with Gasteiger partial charge in [0, 0.05) is 37.5 Å². The number of nitrogens with one attached hydrogen (secondary N) is 1. The summed E-state index contributed by atoms with van der Waals surface area (Å²) in [5.41, 5.74) is 0.499. The number of piperidine rings is 1.